The van der Waals surface area contributed by atoms with Crippen LogP contribution in [0.25, 0.3) is 16.5 Å². The maximum atomic E-state index is 13.2. The fraction of sp³-hybridized carbons (Fsp3) is 0.214. The molecule has 1 N–H and O–H groups in total. The van der Waals surface area contributed by atoms with E-state index in [1.807, 2.05) is 12.3 Å². The lowest BCUT2D eigenvalue weighted by Crippen LogP contribution is -2.02. The van der Waals surface area contributed by atoms with E-state index in [4.69, 9.17) is 0 Å². The van der Waals surface area contributed by atoms with Crippen molar-refractivity contribution < 1.29 is 9.18 Å². The van der Waals surface area contributed by atoms with Crippen LogP contribution in [0.4, 0.5) is 4.39 Å². The van der Waals surface area contributed by atoms with Crippen LogP contribution in [-0.4, -0.2) is 10.8 Å². The van der Waals surface area contributed by atoms with E-state index in [0.717, 1.165) is 28.5 Å². The minimum atomic E-state index is -0.231. The van der Waals surface area contributed by atoms with Crippen LogP contribution in [0.15, 0.2) is 30.5 Å². The summed E-state index contributed by atoms with van der Waals surface area (Å²) in [5.41, 5.74) is 3.09. The summed E-state index contributed by atoms with van der Waals surface area (Å²) in [6.07, 6.45) is 5.69. The first-order chi connectivity index (χ1) is 8.24. The second-order valence-electron chi connectivity index (χ2n) is 4.36. The molecule has 0 aliphatic heterocycles. The van der Waals surface area contributed by atoms with Crippen molar-refractivity contribution in [1.29, 1.82) is 0 Å². The van der Waals surface area contributed by atoms with Crippen molar-refractivity contribution in [1.82, 2.24) is 4.98 Å². The van der Waals surface area contributed by atoms with Crippen molar-refractivity contribution in [3.05, 3.63) is 41.9 Å². The Balaban J connectivity index is 2.11. The van der Waals surface area contributed by atoms with Gasteiger partial charge >= 0.3 is 0 Å². The summed E-state index contributed by atoms with van der Waals surface area (Å²) < 4.78 is 13.2. The minimum absolute atomic E-state index is 0.231. The lowest BCUT2D eigenvalue weighted by atomic mass is 9.93. The normalized spacial score (nSPS) is 16.3. The number of ketones is 1. The summed E-state index contributed by atoms with van der Waals surface area (Å²) in [6.45, 7) is 0. The summed E-state index contributed by atoms with van der Waals surface area (Å²) in [7, 11) is 0. The van der Waals surface area contributed by atoms with Gasteiger partial charge in [0.1, 0.15) is 11.6 Å². The highest BCUT2D eigenvalue weighted by Gasteiger charge is 2.15. The highest BCUT2D eigenvalue weighted by atomic mass is 19.1. The van der Waals surface area contributed by atoms with Gasteiger partial charge in [-0.3, -0.25) is 4.79 Å². The molecular weight excluding hydrogens is 217 g/mol. The fourth-order valence-electron chi connectivity index (χ4n) is 2.32. The van der Waals surface area contributed by atoms with Crippen LogP contribution in [0.3, 0.4) is 0 Å². The molecule has 0 fully saturated rings. The number of aromatic amines is 1. The number of halogens is 1. The first kappa shape index (κ1) is 10.3. The van der Waals surface area contributed by atoms with Crippen molar-refractivity contribution in [2.24, 2.45) is 0 Å². The van der Waals surface area contributed by atoms with Crippen LogP contribution >= 0.6 is 0 Å². The van der Waals surface area contributed by atoms with Gasteiger partial charge in [0.15, 0.2) is 0 Å². The Hall–Kier alpha value is -1.90. The smallest absolute Gasteiger partial charge is 0.137 e. The van der Waals surface area contributed by atoms with Gasteiger partial charge < -0.3 is 4.98 Å². The van der Waals surface area contributed by atoms with E-state index < -0.39 is 0 Å². The molecule has 1 aliphatic rings. The number of carbonyl (C=O) groups excluding carboxylic acids is 1. The molecule has 0 saturated carbocycles. The van der Waals surface area contributed by atoms with Gasteiger partial charge in [0, 0.05) is 35.5 Å². The first-order valence-corrected chi connectivity index (χ1v) is 5.72. The number of fused-ring (bicyclic) bond motifs is 1. The second-order valence-corrected chi connectivity index (χ2v) is 4.36. The SMILES string of the molecule is O=C1CC=C(c2c[nH]c3ccc(F)cc23)CC1. The van der Waals surface area contributed by atoms with Crippen LogP contribution < -0.4 is 0 Å². The van der Waals surface area contributed by atoms with Gasteiger partial charge in [-0.05, 0) is 30.2 Å². The molecule has 17 heavy (non-hydrogen) atoms. The number of Topliss-reactive ketones (excluding diaryl/α,β-unsaturated/α-hetero) is 1. The van der Waals surface area contributed by atoms with Crippen molar-refractivity contribution >= 4 is 22.3 Å². The molecule has 3 rings (SSSR count). The van der Waals surface area contributed by atoms with Gasteiger partial charge in [-0.1, -0.05) is 6.08 Å². The molecule has 1 aromatic carbocycles. The zero-order chi connectivity index (χ0) is 11.8. The summed E-state index contributed by atoms with van der Waals surface area (Å²) in [6, 6.07) is 4.72. The molecule has 0 spiro atoms. The van der Waals surface area contributed by atoms with Gasteiger partial charge in [-0.15, -0.1) is 0 Å². The molecule has 3 heteroatoms. The fourth-order valence-corrected chi connectivity index (χ4v) is 2.32. The average Bonchev–Trinajstić information content (AvgIpc) is 2.73. The maximum Gasteiger partial charge on any atom is 0.137 e. The molecule has 86 valence electrons. The number of hydrogen-bond acceptors (Lipinski definition) is 1. The topological polar surface area (TPSA) is 32.9 Å². The van der Waals surface area contributed by atoms with Gasteiger partial charge in [0.25, 0.3) is 0 Å². The van der Waals surface area contributed by atoms with E-state index in [-0.39, 0.29) is 11.6 Å². The van der Waals surface area contributed by atoms with Gasteiger partial charge in [0.2, 0.25) is 0 Å². The molecular formula is C14H12FNO. The lowest BCUT2D eigenvalue weighted by molar-refractivity contribution is -0.118. The maximum absolute atomic E-state index is 13.2. The second kappa shape index (κ2) is 3.84. The number of benzene rings is 1. The number of allylic oxidation sites excluding steroid dienone is 2. The standard InChI is InChI=1S/C14H12FNO/c15-10-3-6-14-12(7-10)13(8-16-14)9-1-4-11(17)5-2-9/h1,3,6-8,16H,2,4-5H2. The monoisotopic (exact) mass is 229 g/mol. The number of rotatable bonds is 1. The van der Waals surface area contributed by atoms with Crippen molar-refractivity contribution in [2.75, 3.05) is 0 Å². The van der Waals surface area contributed by atoms with Crippen molar-refractivity contribution in [3.63, 3.8) is 0 Å². The van der Waals surface area contributed by atoms with E-state index in [1.165, 1.54) is 6.07 Å². The molecule has 2 nitrogen and oxygen atoms in total. The highest BCUT2D eigenvalue weighted by Crippen LogP contribution is 2.31. The van der Waals surface area contributed by atoms with Gasteiger partial charge in [0.05, 0.1) is 0 Å². The Labute approximate surface area is 98.1 Å². The molecule has 1 aromatic heterocycles. The molecule has 0 saturated heterocycles. The Bertz CT molecular complexity index is 624. The predicted molar refractivity (Wildman–Crippen MR) is 65.1 cm³/mol. The number of hydrogen-bond donors (Lipinski definition) is 1. The number of carbonyl (C=O) groups is 1. The summed E-state index contributed by atoms with van der Waals surface area (Å²) in [4.78, 5) is 14.3. The minimum Gasteiger partial charge on any atom is -0.361 e. The van der Waals surface area contributed by atoms with Gasteiger partial charge in [-0.25, -0.2) is 4.39 Å². The first-order valence-electron chi connectivity index (χ1n) is 5.72. The number of nitrogens with one attached hydrogen (secondary N) is 1. The van der Waals surface area contributed by atoms with E-state index in [1.54, 1.807) is 12.1 Å². The Kier molecular flexibility index (Phi) is 2.32. The molecule has 0 unspecified atom stereocenters. The highest BCUT2D eigenvalue weighted by molar-refractivity contribution is 5.95. The molecule has 1 heterocycles. The van der Waals surface area contributed by atoms with Crippen LogP contribution in [0.2, 0.25) is 0 Å². The summed E-state index contributed by atoms with van der Waals surface area (Å²) >= 11 is 0. The zero-order valence-corrected chi connectivity index (χ0v) is 9.29. The largest absolute Gasteiger partial charge is 0.361 e. The van der Waals surface area contributed by atoms with Crippen LogP contribution in [0, 0.1) is 5.82 Å². The summed E-state index contributed by atoms with van der Waals surface area (Å²) in [5, 5.41) is 0.894. The molecule has 0 atom stereocenters. The zero-order valence-electron chi connectivity index (χ0n) is 9.29. The third-order valence-electron chi connectivity index (χ3n) is 3.24. The molecule has 0 radical (unpaired) electrons. The Morgan fingerprint density at radius 1 is 1.24 bits per heavy atom. The van der Waals surface area contributed by atoms with Crippen LogP contribution in [0.5, 0.6) is 0 Å². The molecule has 0 bridgehead atoms. The lowest BCUT2D eigenvalue weighted by Gasteiger charge is -2.11. The third-order valence-corrected chi connectivity index (χ3v) is 3.24. The number of aromatic nitrogens is 1. The average molecular weight is 229 g/mol. The van der Waals surface area contributed by atoms with E-state index in [0.29, 0.717) is 12.8 Å². The third kappa shape index (κ3) is 1.78. The quantitative estimate of drug-likeness (QED) is 0.798. The van der Waals surface area contributed by atoms with Crippen LogP contribution in [0.1, 0.15) is 24.8 Å². The van der Waals surface area contributed by atoms with E-state index >= 15 is 0 Å². The van der Waals surface area contributed by atoms with E-state index in [9.17, 15) is 9.18 Å². The van der Waals surface area contributed by atoms with Gasteiger partial charge in [-0.2, -0.15) is 0 Å². The molecule has 2 aromatic rings. The molecule has 1 aliphatic carbocycles. The van der Waals surface area contributed by atoms with Crippen molar-refractivity contribution in [2.45, 2.75) is 19.3 Å². The number of H-pyrrole nitrogens is 1. The molecule has 0 amide bonds. The van der Waals surface area contributed by atoms with Crippen molar-refractivity contribution in [3.8, 4) is 0 Å². The summed E-state index contributed by atoms with van der Waals surface area (Å²) in [5.74, 6) is 0.0469. The Morgan fingerprint density at radius 3 is 2.88 bits per heavy atom. The Morgan fingerprint density at radius 2 is 2.12 bits per heavy atom. The van der Waals surface area contributed by atoms with E-state index in [2.05, 4.69) is 4.98 Å². The van der Waals surface area contributed by atoms with Crippen LogP contribution in [-0.2, 0) is 4.79 Å². The predicted octanol–water partition coefficient (Wildman–Crippen LogP) is 3.44.